The molecule has 1 heterocycles. The number of benzene rings is 8. The minimum absolute atomic E-state index is 0.0705. The number of hydrogen-bond donors (Lipinski definition) is 0. The Morgan fingerprint density at radius 3 is 1.50 bits per heavy atom. The molecule has 0 atom stereocenters. The van der Waals surface area contributed by atoms with Crippen molar-refractivity contribution in [2.45, 2.75) is 24.7 Å². The predicted octanol–water partition coefficient (Wildman–Crippen LogP) is 13.7. The van der Waals surface area contributed by atoms with Gasteiger partial charge in [-0.2, -0.15) is 0 Å². The first-order chi connectivity index (χ1) is 26.5. The zero-order chi connectivity index (χ0) is 35.8. The highest BCUT2D eigenvalue weighted by Crippen LogP contribution is 2.63. The van der Waals surface area contributed by atoms with Crippen molar-refractivity contribution in [2.75, 3.05) is 4.90 Å². The number of anilines is 3. The maximum atomic E-state index is 6.33. The van der Waals surface area contributed by atoms with Crippen molar-refractivity contribution in [1.29, 1.82) is 0 Å². The number of nitrogens with zero attached hydrogens (tertiary/aromatic N) is 1. The van der Waals surface area contributed by atoms with Gasteiger partial charge < -0.3 is 9.32 Å². The molecular weight excluding hydrogens is 655 g/mol. The molecule has 0 unspecified atom stereocenters. The van der Waals surface area contributed by atoms with Crippen LogP contribution in [0.5, 0.6) is 0 Å². The van der Waals surface area contributed by atoms with Crippen LogP contribution in [-0.2, 0) is 10.8 Å². The van der Waals surface area contributed by atoms with Crippen molar-refractivity contribution in [3.63, 3.8) is 0 Å². The van der Waals surface area contributed by atoms with Gasteiger partial charge in [0.15, 0.2) is 0 Å². The molecule has 3 aliphatic carbocycles. The highest BCUT2D eigenvalue weighted by atomic mass is 16.3. The summed E-state index contributed by atoms with van der Waals surface area (Å²) in [6, 6.07) is 65.3. The van der Waals surface area contributed by atoms with Gasteiger partial charge >= 0.3 is 0 Å². The molecule has 254 valence electrons. The van der Waals surface area contributed by atoms with Gasteiger partial charge in [-0.25, -0.2) is 0 Å². The van der Waals surface area contributed by atoms with E-state index in [0.29, 0.717) is 0 Å². The lowest BCUT2D eigenvalue weighted by Gasteiger charge is -2.32. The van der Waals surface area contributed by atoms with Crippen molar-refractivity contribution in [1.82, 2.24) is 0 Å². The van der Waals surface area contributed by atoms with E-state index in [1.54, 1.807) is 0 Å². The van der Waals surface area contributed by atoms with Gasteiger partial charge in [0.2, 0.25) is 0 Å². The molecule has 1 aromatic heterocycles. The van der Waals surface area contributed by atoms with E-state index in [-0.39, 0.29) is 5.41 Å². The Bertz CT molecular complexity index is 2990. The van der Waals surface area contributed by atoms with Crippen LogP contribution in [0.25, 0.3) is 55.3 Å². The molecule has 0 saturated heterocycles. The summed E-state index contributed by atoms with van der Waals surface area (Å²) in [4.78, 5) is 2.46. The van der Waals surface area contributed by atoms with Gasteiger partial charge in [-0.3, -0.25) is 0 Å². The molecule has 12 rings (SSSR count). The molecule has 0 bridgehead atoms. The average molecular weight is 690 g/mol. The fraction of sp³-hybridized carbons (Fsp3) is 0.0769. The number of rotatable bonds is 3. The monoisotopic (exact) mass is 689 g/mol. The molecule has 0 radical (unpaired) electrons. The summed E-state index contributed by atoms with van der Waals surface area (Å²) < 4.78 is 6.33. The molecule has 0 fully saturated rings. The first-order valence-electron chi connectivity index (χ1n) is 18.9. The van der Waals surface area contributed by atoms with E-state index in [4.69, 9.17) is 4.42 Å². The Hall–Kier alpha value is -6.64. The van der Waals surface area contributed by atoms with Gasteiger partial charge in [0, 0.05) is 33.2 Å². The minimum Gasteiger partial charge on any atom is -0.456 e. The van der Waals surface area contributed by atoms with Gasteiger partial charge in [-0.1, -0.05) is 141 Å². The third-order valence-corrected chi connectivity index (χ3v) is 12.7. The molecule has 0 aliphatic heterocycles. The number of furan rings is 1. The van der Waals surface area contributed by atoms with Crippen LogP contribution < -0.4 is 4.90 Å². The molecular formula is C52H35NO. The summed E-state index contributed by atoms with van der Waals surface area (Å²) in [5.74, 6) is 0. The van der Waals surface area contributed by atoms with Crippen LogP contribution in [0.1, 0.15) is 47.2 Å². The standard InChI is InChI=1S/C52H35NO/c1-51(2)43-18-8-3-16-38(43)41-29-32(24-27-44(41)51)53(33-25-28-50-42(30-33)40-17-7-12-22-49(40)54-50)34-23-26-39-37-15-6-11-21-47(37)52(48(39)31-34)45-19-9-4-13-35(45)36-14-5-10-20-46(36)52/h3-31H,1-2H3. The van der Waals surface area contributed by atoms with Crippen LogP contribution in [-0.4, -0.2) is 0 Å². The van der Waals surface area contributed by atoms with E-state index in [1.165, 1.54) is 66.8 Å². The van der Waals surface area contributed by atoms with Gasteiger partial charge in [0.1, 0.15) is 11.2 Å². The van der Waals surface area contributed by atoms with Crippen LogP contribution in [0, 0.1) is 0 Å². The molecule has 2 nitrogen and oxygen atoms in total. The number of para-hydroxylation sites is 1. The molecule has 3 aliphatic rings. The lowest BCUT2D eigenvalue weighted by molar-refractivity contribution is 0.660. The predicted molar refractivity (Wildman–Crippen MR) is 222 cm³/mol. The summed E-state index contributed by atoms with van der Waals surface area (Å²) in [5.41, 5.74) is 20.6. The van der Waals surface area contributed by atoms with Crippen molar-refractivity contribution < 1.29 is 4.42 Å². The first kappa shape index (κ1) is 29.9. The van der Waals surface area contributed by atoms with Crippen molar-refractivity contribution in [3.05, 3.63) is 209 Å². The van der Waals surface area contributed by atoms with E-state index in [1.807, 2.05) is 6.07 Å². The van der Waals surface area contributed by atoms with E-state index in [9.17, 15) is 0 Å². The highest BCUT2D eigenvalue weighted by Gasteiger charge is 2.51. The second-order valence-electron chi connectivity index (χ2n) is 15.6. The van der Waals surface area contributed by atoms with Crippen LogP contribution in [0.2, 0.25) is 0 Å². The molecule has 0 amide bonds. The summed E-state index contributed by atoms with van der Waals surface area (Å²) in [6.07, 6.45) is 0. The van der Waals surface area contributed by atoms with Crippen molar-refractivity contribution in [2.24, 2.45) is 0 Å². The highest BCUT2D eigenvalue weighted by molar-refractivity contribution is 6.07. The Balaban J connectivity index is 1.14. The Morgan fingerprint density at radius 2 is 0.815 bits per heavy atom. The summed E-state index contributed by atoms with van der Waals surface area (Å²) in [6.45, 7) is 4.70. The molecule has 0 N–H and O–H groups in total. The Morgan fingerprint density at radius 1 is 0.352 bits per heavy atom. The molecule has 54 heavy (non-hydrogen) atoms. The quantitative estimate of drug-likeness (QED) is 0.184. The zero-order valence-corrected chi connectivity index (χ0v) is 30.1. The SMILES string of the molecule is CC1(C)c2ccccc2-c2cc(N(c3ccc4c(c3)C3(c5ccccc5-c5ccccc53)c3ccccc3-4)c3ccc4oc5ccccc5c4c3)ccc21. The van der Waals surface area contributed by atoms with Crippen molar-refractivity contribution in [3.8, 4) is 33.4 Å². The largest absolute Gasteiger partial charge is 0.456 e. The van der Waals surface area contributed by atoms with E-state index < -0.39 is 5.41 Å². The fourth-order valence-electron chi connectivity index (χ4n) is 10.4. The van der Waals surface area contributed by atoms with Crippen LogP contribution in [0.15, 0.2) is 180 Å². The second-order valence-corrected chi connectivity index (χ2v) is 15.6. The first-order valence-corrected chi connectivity index (χ1v) is 18.9. The lowest BCUT2D eigenvalue weighted by atomic mass is 9.70. The smallest absolute Gasteiger partial charge is 0.135 e. The normalized spacial score (nSPS) is 14.8. The van der Waals surface area contributed by atoms with Gasteiger partial charge in [0.25, 0.3) is 0 Å². The topological polar surface area (TPSA) is 16.4 Å². The van der Waals surface area contributed by atoms with Crippen LogP contribution in [0.4, 0.5) is 17.1 Å². The minimum atomic E-state index is -0.424. The third kappa shape index (κ3) is 3.70. The molecule has 1 spiro atoms. The third-order valence-electron chi connectivity index (χ3n) is 12.7. The van der Waals surface area contributed by atoms with Crippen LogP contribution in [0.3, 0.4) is 0 Å². The summed E-state index contributed by atoms with van der Waals surface area (Å²) in [7, 11) is 0. The maximum Gasteiger partial charge on any atom is 0.135 e. The maximum absolute atomic E-state index is 6.33. The summed E-state index contributed by atoms with van der Waals surface area (Å²) in [5, 5.41) is 2.24. The van der Waals surface area contributed by atoms with Gasteiger partial charge in [-0.05, 0) is 115 Å². The van der Waals surface area contributed by atoms with Crippen LogP contribution >= 0.6 is 0 Å². The molecule has 9 aromatic rings. The van der Waals surface area contributed by atoms with E-state index in [2.05, 4.69) is 189 Å². The Labute approximate surface area is 314 Å². The zero-order valence-electron chi connectivity index (χ0n) is 30.1. The fourth-order valence-corrected chi connectivity index (χ4v) is 10.4. The Kier molecular flexibility index (Phi) is 5.81. The lowest BCUT2D eigenvalue weighted by Crippen LogP contribution is -2.26. The molecule has 8 aromatic carbocycles. The van der Waals surface area contributed by atoms with Gasteiger partial charge in [0.05, 0.1) is 5.41 Å². The van der Waals surface area contributed by atoms with Gasteiger partial charge in [-0.15, -0.1) is 0 Å². The average Bonchev–Trinajstić information content (AvgIpc) is 3.90. The van der Waals surface area contributed by atoms with Crippen molar-refractivity contribution >= 4 is 39.0 Å². The second kappa shape index (κ2) is 10.5. The summed E-state index contributed by atoms with van der Waals surface area (Å²) >= 11 is 0. The molecule has 2 heteroatoms. The number of fused-ring (bicyclic) bond motifs is 16. The molecule has 0 saturated carbocycles. The number of hydrogen-bond acceptors (Lipinski definition) is 2. The van der Waals surface area contributed by atoms with E-state index in [0.717, 1.165) is 39.0 Å². The van der Waals surface area contributed by atoms with E-state index >= 15 is 0 Å².